The predicted octanol–water partition coefficient (Wildman–Crippen LogP) is 6.22. The van der Waals surface area contributed by atoms with Crippen molar-refractivity contribution in [2.24, 2.45) is 29.4 Å². The summed E-state index contributed by atoms with van der Waals surface area (Å²) in [6, 6.07) is 21.3. The van der Waals surface area contributed by atoms with Gasteiger partial charge in [0.15, 0.2) is 5.78 Å². The number of fused-ring (bicyclic) bond motifs is 3. The van der Waals surface area contributed by atoms with Crippen LogP contribution in [0.5, 0.6) is 0 Å². The topological polar surface area (TPSA) is 206 Å². The van der Waals surface area contributed by atoms with Gasteiger partial charge in [0, 0.05) is 55.3 Å². The van der Waals surface area contributed by atoms with E-state index in [0.717, 1.165) is 22.3 Å². The summed E-state index contributed by atoms with van der Waals surface area (Å²) in [5.74, 6) is -3.34. The number of benzene rings is 3. The van der Waals surface area contributed by atoms with Crippen molar-refractivity contribution in [3.05, 3.63) is 89.5 Å². The number of amides is 5. The molecule has 312 valence electrons. The van der Waals surface area contributed by atoms with Crippen molar-refractivity contribution in [2.45, 2.75) is 91.2 Å². The number of nitrogens with two attached hydrogens (primary N) is 1. The van der Waals surface area contributed by atoms with Gasteiger partial charge in [0.25, 0.3) is 0 Å². The van der Waals surface area contributed by atoms with E-state index >= 15 is 0 Å². The second kappa shape index (κ2) is 22.4. The van der Waals surface area contributed by atoms with Crippen LogP contribution in [0.3, 0.4) is 0 Å². The molecule has 0 saturated heterocycles. The van der Waals surface area contributed by atoms with E-state index in [4.69, 9.17) is 10.5 Å². The number of Topliss-reactive ketones (excluding diaryl/α,β-unsaturated/α-hetero) is 2. The van der Waals surface area contributed by atoms with Crippen LogP contribution < -0.4 is 27.0 Å². The van der Waals surface area contributed by atoms with E-state index in [1.807, 2.05) is 24.3 Å². The van der Waals surface area contributed by atoms with Crippen LogP contribution in [-0.4, -0.2) is 66.3 Å². The lowest BCUT2D eigenvalue weighted by molar-refractivity contribution is -0.134. The Morgan fingerprint density at radius 3 is 1.86 bits per heavy atom. The minimum Gasteiger partial charge on any atom is -0.449 e. The number of urea groups is 1. The lowest BCUT2D eigenvalue weighted by Gasteiger charge is -2.26. The van der Waals surface area contributed by atoms with Crippen LogP contribution in [0.1, 0.15) is 95.2 Å². The summed E-state index contributed by atoms with van der Waals surface area (Å²) in [5.41, 5.74) is 10.9. The maximum Gasteiger partial charge on any atom is 0.407 e. The van der Waals surface area contributed by atoms with Crippen LogP contribution in [-0.2, 0) is 30.5 Å². The molecule has 3 aromatic rings. The molecule has 3 atom stereocenters. The Hall–Kier alpha value is -5.56. The highest BCUT2D eigenvalue weighted by Crippen LogP contribution is 2.44. The molecule has 1 aliphatic rings. The average molecular weight is 798 g/mol. The van der Waals surface area contributed by atoms with Gasteiger partial charge in [-0.15, -0.1) is 0 Å². The summed E-state index contributed by atoms with van der Waals surface area (Å²) in [5, 5.41) is 20.4. The number of aliphatic hydroxyl groups is 1. The Kier molecular flexibility index (Phi) is 17.4. The van der Waals surface area contributed by atoms with E-state index in [9.17, 15) is 33.9 Å². The quantitative estimate of drug-likeness (QED) is 0.0606. The van der Waals surface area contributed by atoms with E-state index in [1.165, 1.54) is 0 Å². The first-order chi connectivity index (χ1) is 27.8. The predicted molar refractivity (Wildman–Crippen MR) is 223 cm³/mol. The Bertz CT molecular complexity index is 1830. The summed E-state index contributed by atoms with van der Waals surface area (Å²) in [6.45, 7) is 7.76. The fourth-order valence-corrected chi connectivity index (χ4v) is 7.24. The normalized spacial score (nSPS) is 13.5. The number of rotatable bonds is 23. The standard InChI is InChI=1S/C45H59N5O8/c1-28(2)39(52)24-31(12-9-10-22-48-45(57)58-27-38-36-16-7-5-14-34(36)35-15-6-8-17-37(35)38)43(55)50-41(29(3)4)40(53)25-32(13-11-23-47-44(46)56)42(54)49-33-20-18-30(26-51)19-21-33/h5-8,14-21,28-29,31-32,38,41,51H,9-13,22-27H2,1-4H3,(H,48,57)(H,49,54)(H,50,55)(H3,46,47,56)/t31-,32-,41+/m1/s1. The van der Waals surface area contributed by atoms with Gasteiger partial charge < -0.3 is 36.8 Å². The third-order valence-electron chi connectivity index (χ3n) is 10.6. The number of aliphatic hydroxyl groups excluding tert-OH is 1. The van der Waals surface area contributed by atoms with Gasteiger partial charge >= 0.3 is 12.1 Å². The number of alkyl carbamates (subject to hydrolysis) is 1. The first-order valence-corrected chi connectivity index (χ1v) is 20.3. The summed E-state index contributed by atoms with van der Waals surface area (Å²) in [6.07, 6.45) is 1.40. The third kappa shape index (κ3) is 13.3. The molecule has 7 N–H and O–H groups in total. The van der Waals surface area contributed by atoms with Crippen molar-refractivity contribution in [3.63, 3.8) is 0 Å². The fourth-order valence-electron chi connectivity index (χ4n) is 7.24. The highest BCUT2D eigenvalue weighted by Gasteiger charge is 2.33. The van der Waals surface area contributed by atoms with Crippen LogP contribution in [0.4, 0.5) is 15.3 Å². The molecule has 0 heterocycles. The highest BCUT2D eigenvalue weighted by molar-refractivity contribution is 5.98. The molecule has 0 aliphatic heterocycles. The van der Waals surface area contributed by atoms with Crippen molar-refractivity contribution in [2.75, 3.05) is 25.0 Å². The number of primary amides is 1. The van der Waals surface area contributed by atoms with Crippen molar-refractivity contribution in [1.82, 2.24) is 16.0 Å². The summed E-state index contributed by atoms with van der Waals surface area (Å²) in [7, 11) is 0. The first kappa shape index (κ1) is 45.1. The van der Waals surface area contributed by atoms with Gasteiger partial charge in [-0.1, -0.05) is 94.8 Å². The van der Waals surface area contributed by atoms with Gasteiger partial charge in [-0.25, -0.2) is 9.59 Å². The molecule has 0 aromatic heterocycles. The van der Waals surface area contributed by atoms with Gasteiger partial charge in [0.2, 0.25) is 11.8 Å². The summed E-state index contributed by atoms with van der Waals surface area (Å²) in [4.78, 5) is 77.9. The molecule has 13 nitrogen and oxygen atoms in total. The molecule has 3 aromatic carbocycles. The van der Waals surface area contributed by atoms with Crippen LogP contribution in [0, 0.1) is 23.7 Å². The number of hydrogen-bond acceptors (Lipinski definition) is 8. The SMILES string of the molecule is CC(C)C(=O)C[C@@H](CCCCNC(=O)OCC1c2ccccc2-c2ccccc21)C(=O)N[C@H](C(=O)C[C@@H](CCCNC(N)=O)C(=O)Nc1ccc(CO)cc1)C(C)C. The summed E-state index contributed by atoms with van der Waals surface area (Å²) >= 11 is 0. The van der Waals surface area contributed by atoms with E-state index in [0.29, 0.717) is 43.5 Å². The minimum atomic E-state index is -0.915. The monoisotopic (exact) mass is 797 g/mol. The lowest BCUT2D eigenvalue weighted by atomic mass is 9.87. The molecule has 0 unspecified atom stereocenters. The van der Waals surface area contributed by atoms with E-state index in [-0.39, 0.29) is 68.3 Å². The molecule has 58 heavy (non-hydrogen) atoms. The fraction of sp³-hybridized carbons (Fsp3) is 0.467. The largest absolute Gasteiger partial charge is 0.449 e. The van der Waals surface area contributed by atoms with Gasteiger partial charge in [-0.3, -0.25) is 19.2 Å². The van der Waals surface area contributed by atoms with E-state index in [1.54, 1.807) is 52.0 Å². The molecule has 5 amide bonds. The average Bonchev–Trinajstić information content (AvgIpc) is 3.52. The Balaban J connectivity index is 1.32. The highest BCUT2D eigenvalue weighted by atomic mass is 16.5. The molecule has 1 aliphatic carbocycles. The Morgan fingerprint density at radius 1 is 0.707 bits per heavy atom. The number of carbonyl (C=O) groups is 6. The zero-order valence-corrected chi connectivity index (χ0v) is 34.1. The van der Waals surface area contributed by atoms with Gasteiger partial charge in [-0.2, -0.15) is 0 Å². The molecule has 0 radical (unpaired) electrons. The number of unbranched alkanes of at least 4 members (excludes halogenated alkanes) is 1. The minimum absolute atomic E-state index is 0.00920. The summed E-state index contributed by atoms with van der Waals surface area (Å²) < 4.78 is 5.64. The molecule has 0 saturated carbocycles. The second-order valence-corrected chi connectivity index (χ2v) is 15.6. The van der Waals surface area contributed by atoms with Gasteiger partial charge in [0.05, 0.1) is 12.6 Å². The van der Waals surface area contributed by atoms with Crippen molar-refractivity contribution in [3.8, 4) is 11.1 Å². The molecule has 0 fully saturated rings. The second-order valence-electron chi connectivity index (χ2n) is 15.6. The van der Waals surface area contributed by atoms with Crippen LogP contribution in [0.15, 0.2) is 72.8 Å². The van der Waals surface area contributed by atoms with E-state index in [2.05, 4.69) is 45.5 Å². The van der Waals surface area contributed by atoms with Gasteiger partial charge in [0.1, 0.15) is 12.4 Å². The zero-order valence-electron chi connectivity index (χ0n) is 34.1. The Labute approximate surface area is 341 Å². The third-order valence-corrected chi connectivity index (χ3v) is 10.6. The van der Waals surface area contributed by atoms with Crippen molar-refractivity contribution >= 4 is 41.2 Å². The van der Waals surface area contributed by atoms with Crippen molar-refractivity contribution in [1.29, 1.82) is 0 Å². The smallest absolute Gasteiger partial charge is 0.407 e. The maximum absolute atomic E-state index is 13.9. The van der Waals surface area contributed by atoms with Crippen molar-refractivity contribution < 1.29 is 38.6 Å². The Morgan fingerprint density at radius 2 is 1.28 bits per heavy atom. The van der Waals surface area contributed by atoms with Gasteiger partial charge in [-0.05, 0) is 71.6 Å². The number of carbonyl (C=O) groups excluding carboxylic acids is 6. The molecule has 0 spiro atoms. The molecular formula is C45H59N5O8. The zero-order chi connectivity index (χ0) is 42.2. The molecule has 4 rings (SSSR count). The lowest BCUT2D eigenvalue weighted by Crippen LogP contribution is -2.48. The number of anilines is 1. The number of hydrogen-bond donors (Lipinski definition) is 6. The van der Waals surface area contributed by atoms with Crippen LogP contribution in [0.2, 0.25) is 0 Å². The molecule has 13 heteroatoms. The van der Waals surface area contributed by atoms with Crippen LogP contribution >= 0.6 is 0 Å². The molecular weight excluding hydrogens is 739 g/mol. The van der Waals surface area contributed by atoms with Crippen LogP contribution in [0.25, 0.3) is 11.1 Å². The number of nitrogens with one attached hydrogen (secondary N) is 4. The first-order valence-electron chi connectivity index (χ1n) is 20.3. The van der Waals surface area contributed by atoms with E-state index < -0.39 is 41.8 Å². The molecule has 0 bridgehead atoms. The maximum atomic E-state index is 13.9. The number of ether oxygens (including phenoxy) is 1. The number of ketones is 2.